The van der Waals surface area contributed by atoms with Crippen LogP contribution in [0.5, 0.6) is 0 Å². The number of carbonyl (C=O) groups excluding carboxylic acids is 2. The van der Waals surface area contributed by atoms with E-state index in [1.165, 1.54) is 19.3 Å². The van der Waals surface area contributed by atoms with E-state index >= 15 is 0 Å². The number of hydrogen-bond acceptors (Lipinski definition) is 3. The summed E-state index contributed by atoms with van der Waals surface area (Å²) in [4.78, 5) is 27.0. The Kier molecular flexibility index (Phi) is 3.94. The van der Waals surface area contributed by atoms with Crippen LogP contribution >= 0.6 is 11.8 Å². The van der Waals surface area contributed by atoms with Gasteiger partial charge in [0, 0.05) is 17.4 Å². The van der Waals surface area contributed by atoms with E-state index < -0.39 is 0 Å². The summed E-state index contributed by atoms with van der Waals surface area (Å²) in [6.07, 6.45) is 6.92. The van der Waals surface area contributed by atoms with Crippen LogP contribution in [0, 0.1) is 23.7 Å². The second-order valence-electron chi connectivity index (χ2n) is 7.61. The normalized spacial score (nSPS) is 41.1. The van der Waals surface area contributed by atoms with Gasteiger partial charge in [-0.05, 0) is 56.3 Å². The predicted molar refractivity (Wildman–Crippen MR) is 91.7 cm³/mol. The highest BCUT2D eigenvalue weighted by Gasteiger charge is 2.65. The summed E-state index contributed by atoms with van der Waals surface area (Å²) < 4.78 is 0. The summed E-state index contributed by atoms with van der Waals surface area (Å²) in [5.41, 5.74) is 0.758. The van der Waals surface area contributed by atoms with Gasteiger partial charge in [0.15, 0.2) is 0 Å². The summed E-state index contributed by atoms with van der Waals surface area (Å²) in [5.74, 6) is 4.68. The number of nitrogens with zero attached hydrogens (tertiary/aromatic N) is 1. The van der Waals surface area contributed by atoms with Crippen LogP contribution in [0.2, 0.25) is 0 Å². The molecule has 0 radical (unpaired) electrons. The van der Waals surface area contributed by atoms with Crippen LogP contribution in [-0.2, 0) is 9.59 Å². The first kappa shape index (κ1) is 15.6. The molecule has 1 aliphatic heterocycles. The van der Waals surface area contributed by atoms with Crippen molar-refractivity contribution >= 4 is 23.6 Å². The van der Waals surface area contributed by atoms with Gasteiger partial charge in [-0.1, -0.05) is 13.0 Å². The average molecular weight is 334 g/mol. The van der Waals surface area contributed by atoms with Gasteiger partial charge in [0.05, 0.1) is 5.88 Å². The maximum atomic E-state index is 12.7. The molecule has 4 fully saturated rings. The van der Waals surface area contributed by atoms with Gasteiger partial charge in [-0.3, -0.25) is 9.59 Å². The molecule has 5 heteroatoms. The Labute approximate surface area is 142 Å². The lowest BCUT2D eigenvalue weighted by atomic mass is 10.0. The highest BCUT2D eigenvalue weighted by atomic mass is 32.2. The Balaban J connectivity index is 1.38. The number of rotatable bonds is 4. The molecule has 2 amide bonds. The monoisotopic (exact) mass is 334 g/mol. The number of hydrogen-bond donors (Lipinski definition) is 1. The van der Waals surface area contributed by atoms with Gasteiger partial charge in [0.2, 0.25) is 5.91 Å². The number of allylic oxidation sites excluding steroid dienone is 1. The molecule has 0 aromatic heterocycles. The van der Waals surface area contributed by atoms with Crippen molar-refractivity contribution in [2.45, 2.75) is 51.6 Å². The molecule has 1 N–H and O–H groups in total. The molecule has 126 valence electrons. The lowest BCUT2D eigenvalue weighted by Gasteiger charge is -2.24. The van der Waals surface area contributed by atoms with E-state index in [0.717, 1.165) is 41.4 Å². The van der Waals surface area contributed by atoms with E-state index in [0.29, 0.717) is 11.9 Å². The smallest absolute Gasteiger partial charge is 0.250 e. The number of amides is 2. The molecule has 2 bridgehead atoms. The zero-order valence-corrected chi connectivity index (χ0v) is 14.8. The number of nitrogens with one attached hydrogen (secondary N) is 1. The number of thioether (sulfide) groups is 1. The Bertz CT molecular complexity index is 545. The quantitative estimate of drug-likeness (QED) is 0.803. The van der Waals surface area contributed by atoms with E-state index in [4.69, 9.17) is 0 Å². The van der Waals surface area contributed by atoms with Crippen LogP contribution in [0.3, 0.4) is 0 Å². The molecule has 0 aromatic carbocycles. The summed E-state index contributed by atoms with van der Waals surface area (Å²) in [6.45, 7) is 3.88. The molecule has 4 nitrogen and oxygen atoms in total. The molecular weight excluding hydrogens is 308 g/mol. The molecule has 23 heavy (non-hydrogen) atoms. The zero-order valence-electron chi connectivity index (χ0n) is 14.0. The lowest BCUT2D eigenvalue weighted by molar-refractivity contribution is -0.135. The van der Waals surface area contributed by atoms with Crippen LogP contribution in [0.4, 0.5) is 0 Å². The third-order valence-electron chi connectivity index (χ3n) is 6.34. The van der Waals surface area contributed by atoms with Crippen molar-refractivity contribution in [3.05, 3.63) is 11.6 Å². The minimum atomic E-state index is -0.285. The molecular formula is C18H26N2O2S. The molecule has 0 aromatic rings. The molecule has 4 rings (SSSR count). The first-order valence-corrected chi connectivity index (χ1v) is 10.1. The molecule has 4 aliphatic rings. The highest BCUT2D eigenvalue weighted by molar-refractivity contribution is 7.99. The van der Waals surface area contributed by atoms with Crippen molar-refractivity contribution in [3.63, 3.8) is 0 Å². The molecule has 3 aliphatic carbocycles. The number of carbonyl (C=O) groups is 2. The second kappa shape index (κ2) is 5.83. The Hall–Kier alpha value is -0.970. The van der Waals surface area contributed by atoms with E-state index in [-0.39, 0.29) is 17.9 Å². The van der Waals surface area contributed by atoms with Gasteiger partial charge in [-0.25, -0.2) is 0 Å². The first-order chi connectivity index (χ1) is 11.1. The van der Waals surface area contributed by atoms with Gasteiger partial charge >= 0.3 is 0 Å². The standard InChI is InChI=1S/C18H26N2O2S/c1-3-4-10(2)18(22)20-9-23-8-13(20)17(21)19-16-14-11-5-6-12(7-11)15(14)16/h4,11-16H,3,5-9H2,1-2H3,(H,19,21). The fraction of sp³-hybridized carbons (Fsp3) is 0.778. The lowest BCUT2D eigenvalue weighted by Crippen LogP contribution is -2.48. The van der Waals surface area contributed by atoms with Crippen molar-refractivity contribution < 1.29 is 9.59 Å². The van der Waals surface area contributed by atoms with Gasteiger partial charge in [0.25, 0.3) is 5.91 Å². The largest absolute Gasteiger partial charge is 0.351 e. The van der Waals surface area contributed by atoms with Crippen molar-refractivity contribution in [2.24, 2.45) is 23.7 Å². The third-order valence-corrected chi connectivity index (χ3v) is 7.35. The van der Waals surface area contributed by atoms with Crippen molar-refractivity contribution in [2.75, 3.05) is 11.6 Å². The van der Waals surface area contributed by atoms with Crippen molar-refractivity contribution in [3.8, 4) is 0 Å². The van der Waals surface area contributed by atoms with E-state index in [9.17, 15) is 9.59 Å². The van der Waals surface area contributed by atoms with Crippen LogP contribution in [0.1, 0.15) is 39.5 Å². The number of fused-ring (bicyclic) bond motifs is 5. The van der Waals surface area contributed by atoms with Gasteiger partial charge in [0.1, 0.15) is 6.04 Å². The molecule has 1 saturated heterocycles. The van der Waals surface area contributed by atoms with Crippen molar-refractivity contribution in [1.29, 1.82) is 0 Å². The van der Waals surface area contributed by atoms with Crippen LogP contribution < -0.4 is 5.32 Å². The fourth-order valence-electron chi connectivity index (χ4n) is 5.26. The molecule has 1 heterocycles. The zero-order chi connectivity index (χ0) is 16.1. The summed E-state index contributed by atoms with van der Waals surface area (Å²) in [7, 11) is 0. The van der Waals surface area contributed by atoms with Gasteiger partial charge < -0.3 is 10.2 Å². The molecule has 5 atom stereocenters. The summed E-state index contributed by atoms with van der Waals surface area (Å²) in [5, 5.41) is 3.29. The van der Waals surface area contributed by atoms with Gasteiger partial charge in [-0.2, -0.15) is 0 Å². The Morgan fingerprint density at radius 1 is 1.26 bits per heavy atom. The van der Waals surface area contributed by atoms with Crippen LogP contribution in [-0.4, -0.2) is 40.4 Å². The van der Waals surface area contributed by atoms with E-state index in [1.807, 2.05) is 19.9 Å². The van der Waals surface area contributed by atoms with E-state index in [2.05, 4.69) is 5.32 Å². The van der Waals surface area contributed by atoms with E-state index in [1.54, 1.807) is 16.7 Å². The Morgan fingerprint density at radius 3 is 2.61 bits per heavy atom. The summed E-state index contributed by atoms with van der Waals surface area (Å²) >= 11 is 1.68. The second-order valence-corrected chi connectivity index (χ2v) is 8.61. The van der Waals surface area contributed by atoms with Gasteiger partial charge in [-0.15, -0.1) is 11.8 Å². The highest BCUT2D eigenvalue weighted by Crippen LogP contribution is 2.65. The average Bonchev–Trinajstić information content (AvgIpc) is 2.99. The molecule has 3 saturated carbocycles. The maximum absolute atomic E-state index is 12.7. The first-order valence-electron chi connectivity index (χ1n) is 8.97. The predicted octanol–water partition coefficient (Wildman–Crippen LogP) is 2.40. The fourth-order valence-corrected chi connectivity index (χ4v) is 6.41. The topological polar surface area (TPSA) is 49.4 Å². The van der Waals surface area contributed by atoms with Crippen LogP contribution in [0.15, 0.2) is 11.6 Å². The minimum absolute atomic E-state index is 0.0214. The Morgan fingerprint density at radius 2 is 1.96 bits per heavy atom. The minimum Gasteiger partial charge on any atom is -0.351 e. The van der Waals surface area contributed by atoms with Crippen molar-refractivity contribution in [1.82, 2.24) is 10.2 Å². The molecule has 5 unspecified atom stereocenters. The van der Waals surface area contributed by atoms with Crippen LogP contribution in [0.25, 0.3) is 0 Å². The SMILES string of the molecule is CCC=C(C)C(=O)N1CSCC1C(=O)NC1C2C3CCC(C3)C12. The molecule has 0 spiro atoms. The third kappa shape index (κ3) is 2.51. The summed E-state index contributed by atoms with van der Waals surface area (Å²) in [6, 6.07) is 0.121. The maximum Gasteiger partial charge on any atom is 0.250 e.